The molecular formula is C23H32N4O2. The zero-order valence-electron chi connectivity index (χ0n) is 17.3. The third-order valence-corrected chi connectivity index (χ3v) is 6.41. The average molecular weight is 397 g/mol. The zero-order chi connectivity index (χ0) is 20.1. The van der Waals surface area contributed by atoms with Crippen LogP contribution in [0.25, 0.3) is 0 Å². The van der Waals surface area contributed by atoms with Gasteiger partial charge in [-0.2, -0.15) is 5.10 Å². The minimum atomic E-state index is 0.0626. The monoisotopic (exact) mass is 396 g/mol. The van der Waals surface area contributed by atoms with Crippen LogP contribution in [0.1, 0.15) is 61.3 Å². The fraction of sp³-hybridized carbons (Fsp3) is 0.565. The van der Waals surface area contributed by atoms with Crippen LogP contribution < -0.4 is 5.32 Å². The molecule has 1 saturated heterocycles. The van der Waals surface area contributed by atoms with Crippen molar-refractivity contribution in [3.8, 4) is 0 Å². The number of carbonyl (C=O) groups is 1. The Kier molecular flexibility index (Phi) is 6.49. The van der Waals surface area contributed by atoms with E-state index < -0.39 is 0 Å². The Morgan fingerprint density at radius 3 is 2.66 bits per heavy atom. The number of rotatable bonds is 5. The van der Waals surface area contributed by atoms with Gasteiger partial charge in [0, 0.05) is 18.8 Å². The van der Waals surface area contributed by atoms with Gasteiger partial charge in [-0.15, -0.1) is 0 Å². The Bertz CT molecular complexity index is 783. The summed E-state index contributed by atoms with van der Waals surface area (Å²) >= 11 is 0. The number of piperidine rings is 1. The zero-order valence-corrected chi connectivity index (χ0v) is 17.3. The number of hydrogen-bond acceptors (Lipinski definition) is 3. The Balaban J connectivity index is 1.28. The molecule has 0 unspecified atom stereocenters. The molecule has 0 bridgehead atoms. The Morgan fingerprint density at radius 1 is 1.17 bits per heavy atom. The molecular weight excluding hydrogens is 364 g/mol. The quantitative estimate of drug-likeness (QED) is 0.798. The van der Waals surface area contributed by atoms with Crippen LogP contribution in [0.3, 0.4) is 0 Å². The van der Waals surface area contributed by atoms with Crippen LogP contribution in [0.2, 0.25) is 0 Å². The topological polar surface area (TPSA) is 70.2 Å². The maximum atomic E-state index is 12.9. The van der Waals surface area contributed by atoms with Crippen molar-refractivity contribution in [1.29, 1.82) is 0 Å². The van der Waals surface area contributed by atoms with Crippen molar-refractivity contribution in [2.75, 3.05) is 13.1 Å². The van der Waals surface area contributed by atoms with Gasteiger partial charge in [0.2, 0.25) is 0 Å². The lowest BCUT2D eigenvalue weighted by atomic mass is 9.90. The Labute approximate surface area is 173 Å². The molecule has 2 aromatic rings. The largest absolute Gasteiger partial charge is 0.371 e. The molecule has 0 spiro atoms. The molecule has 1 aliphatic heterocycles. The number of amides is 2. The number of likely N-dealkylation sites (tertiary alicyclic amines) is 1. The maximum absolute atomic E-state index is 12.9. The van der Waals surface area contributed by atoms with Crippen LogP contribution in [-0.2, 0) is 11.3 Å². The molecule has 2 N–H and O–H groups in total. The summed E-state index contributed by atoms with van der Waals surface area (Å²) in [6.45, 7) is 4.26. The van der Waals surface area contributed by atoms with Gasteiger partial charge < -0.3 is 15.0 Å². The summed E-state index contributed by atoms with van der Waals surface area (Å²) in [5.41, 5.74) is 3.62. The highest BCUT2D eigenvalue weighted by atomic mass is 16.5. The van der Waals surface area contributed by atoms with Crippen molar-refractivity contribution in [2.24, 2.45) is 0 Å². The van der Waals surface area contributed by atoms with E-state index in [-0.39, 0.29) is 18.2 Å². The van der Waals surface area contributed by atoms with Crippen LogP contribution in [0.4, 0.5) is 4.79 Å². The van der Waals surface area contributed by atoms with Gasteiger partial charge in [0.05, 0.1) is 24.9 Å². The Morgan fingerprint density at radius 2 is 1.93 bits per heavy atom. The SMILES string of the molecule is Cc1[nH]ncc1C1CCN(C(=O)N[C@@H]2CCCC[C@H]2OCc2ccccc2)CC1. The number of carbonyl (C=O) groups excluding carboxylic acids is 1. The number of aromatic nitrogens is 2. The summed E-state index contributed by atoms with van der Waals surface area (Å²) in [6.07, 6.45) is 8.35. The van der Waals surface area contributed by atoms with Crippen molar-refractivity contribution in [3.05, 3.63) is 53.3 Å². The van der Waals surface area contributed by atoms with Crippen LogP contribution in [0.5, 0.6) is 0 Å². The van der Waals surface area contributed by atoms with E-state index in [0.29, 0.717) is 12.5 Å². The van der Waals surface area contributed by atoms with E-state index in [1.807, 2.05) is 29.3 Å². The number of benzene rings is 1. The molecule has 0 radical (unpaired) electrons. The lowest BCUT2D eigenvalue weighted by Gasteiger charge is -2.36. The number of ether oxygens (including phenoxy) is 1. The van der Waals surface area contributed by atoms with Gasteiger partial charge in [-0.05, 0) is 49.7 Å². The summed E-state index contributed by atoms with van der Waals surface area (Å²) in [6, 6.07) is 10.4. The Hall–Kier alpha value is -2.34. The van der Waals surface area contributed by atoms with Crippen molar-refractivity contribution < 1.29 is 9.53 Å². The molecule has 2 heterocycles. The number of aromatic amines is 1. The van der Waals surface area contributed by atoms with Crippen molar-refractivity contribution in [3.63, 3.8) is 0 Å². The minimum Gasteiger partial charge on any atom is -0.371 e. The van der Waals surface area contributed by atoms with E-state index in [1.54, 1.807) is 0 Å². The van der Waals surface area contributed by atoms with Gasteiger partial charge in [-0.3, -0.25) is 5.10 Å². The first kappa shape index (κ1) is 20.0. The number of urea groups is 1. The molecule has 2 amide bonds. The second-order valence-corrected chi connectivity index (χ2v) is 8.39. The van der Waals surface area contributed by atoms with Gasteiger partial charge in [0.25, 0.3) is 0 Å². The molecule has 1 aliphatic carbocycles. The molecule has 4 rings (SSSR count). The summed E-state index contributed by atoms with van der Waals surface area (Å²) in [5, 5.41) is 10.4. The second kappa shape index (κ2) is 9.44. The van der Waals surface area contributed by atoms with E-state index in [4.69, 9.17) is 4.74 Å². The van der Waals surface area contributed by atoms with Crippen LogP contribution in [0.15, 0.2) is 36.5 Å². The van der Waals surface area contributed by atoms with Gasteiger partial charge in [0.15, 0.2) is 0 Å². The van der Waals surface area contributed by atoms with E-state index in [0.717, 1.165) is 50.9 Å². The average Bonchev–Trinajstić information content (AvgIpc) is 3.20. The number of H-pyrrole nitrogens is 1. The first-order valence-electron chi connectivity index (χ1n) is 10.9. The summed E-state index contributed by atoms with van der Waals surface area (Å²) < 4.78 is 6.21. The van der Waals surface area contributed by atoms with Gasteiger partial charge in [0.1, 0.15) is 0 Å². The summed E-state index contributed by atoms with van der Waals surface area (Å²) in [4.78, 5) is 14.9. The summed E-state index contributed by atoms with van der Waals surface area (Å²) in [7, 11) is 0. The predicted molar refractivity (Wildman–Crippen MR) is 113 cm³/mol. The lowest BCUT2D eigenvalue weighted by molar-refractivity contribution is -0.00400. The number of nitrogens with zero attached hydrogens (tertiary/aromatic N) is 2. The van der Waals surface area contributed by atoms with Crippen molar-refractivity contribution >= 4 is 6.03 Å². The molecule has 6 heteroatoms. The molecule has 1 aromatic carbocycles. The molecule has 29 heavy (non-hydrogen) atoms. The first-order chi connectivity index (χ1) is 14.2. The van der Waals surface area contributed by atoms with Crippen molar-refractivity contribution in [1.82, 2.24) is 20.4 Å². The number of nitrogens with one attached hydrogen (secondary N) is 2. The molecule has 6 nitrogen and oxygen atoms in total. The maximum Gasteiger partial charge on any atom is 0.317 e. The molecule has 2 atom stereocenters. The van der Waals surface area contributed by atoms with Crippen molar-refractivity contribution in [2.45, 2.75) is 70.1 Å². The standard InChI is InChI=1S/C23H32N4O2/c1-17-20(15-24-26-17)19-11-13-27(14-12-19)23(28)25-21-9-5-6-10-22(21)29-16-18-7-3-2-4-8-18/h2-4,7-8,15,19,21-22H,5-6,9-14,16H2,1H3,(H,24,26)(H,25,28)/t21-,22-/m1/s1. The number of aryl methyl sites for hydroxylation is 1. The molecule has 1 aromatic heterocycles. The molecule has 156 valence electrons. The molecule has 1 saturated carbocycles. The van der Waals surface area contributed by atoms with Gasteiger partial charge in [-0.1, -0.05) is 43.2 Å². The highest BCUT2D eigenvalue weighted by molar-refractivity contribution is 5.74. The van der Waals surface area contributed by atoms with Crippen LogP contribution in [-0.4, -0.2) is 46.4 Å². The highest BCUT2D eigenvalue weighted by Gasteiger charge is 2.31. The van der Waals surface area contributed by atoms with Crippen LogP contribution >= 0.6 is 0 Å². The summed E-state index contributed by atoms with van der Waals surface area (Å²) in [5.74, 6) is 0.495. The fourth-order valence-electron chi connectivity index (χ4n) is 4.65. The van der Waals surface area contributed by atoms with Crippen LogP contribution in [0, 0.1) is 6.92 Å². The highest BCUT2D eigenvalue weighted by Crippen LogP contribution is 2.29. The predicted octanol–water partition coefficient (Wildman–Crippen LogP) is 4.14. The third-order valence-electron chi connectivity index (χ3n) is 6.41. The first-order valence-corrected chi connectivity index (χ1v) is 10.9. The lowest BCUT2D eigenvalue weighted by Crippen LogP contribution is -2.52. The number of hydrogen-bond donors (Lipinski definition) is 2. The normalized spacial score (nSPS) is 23.1. The van der Waals surface area contributed by atoms with E-state index in [1.165, 1.54) is 17.5 Å². The van der Waals surface area contributed by atoms with E-state index in [9.17, 15) is 4.79 Å². The minimum absolute atomic E-state index is 0.0626. The molecule has 2 fully saturated rings. The fourth-order valence-corrected chi connectivity index (χ4v) is 4.65. The van der Waals surface area contributed by atoms with E-state index in [2.05, 4.69) is 34.6 Å². The second-order valence-electron chi connectivity index (χ2n) is 8.39. The molecule has 2 aliphatic rings. The van der Waals surface area contributed by atoms with Gasteiger partial charge >= 0.3 is 6.03 Å². The third kappa shape index (κ3) is 4.99. The van der Waals surface area contributed by atoms with Gasteiger partial charge in [-0.25, -0.2) is 4.79 Å². The smallest absolute Gasteiger partial charge is 0.317 e. The van der Waals surface area contributed by atoms with E-state index >= 15 is 0 Å².